The molecule has 5 nitrogen and oxygen atoms in total. The van der Waals surface area contributed by atoms with Gasteiger partial charge in [-0.1, -0.05) is 6.07 Å². The lowest BCUT2D eigenvalue weighted by Crippen LogP contribution is -2.21. The molecule has 27 heavy (non-hydrogen) atoms. The number of amides is 1. The number of nitrogens with one attached hydrogen (secondary N) is 1. The first-order chi connectivity index (χ1) is 12.8. The van der Waals surface area contributed by atoms with Gasteiger partial charge in [0.2, 0.25) is 0 Å². The highest BCUT2D eigenvalue weighted by Gasteiger charge is 2.38. The largest absolute Gasteiger partial charge is 0.504 e. The second-order valence-electron chi connectivity index (χ2n) is 6.94. The zero-order valence-corrected chi connectivity index (χ0v) is 15.1. The maximum absolute atomic E-state index is 13.5. The Morgan fingerprint density at radius 3 is 2.70 bits per heavy atom. The van der Waals surface area contributed by atoms with E-state index in [0.717, 1.165) is 11.1 Å². The number of benzene rings is 2. The van der Waals surface area contributed by atoms with Crippen molar-refractivity contribution in [1.29, 1.82) is 0 Å². The van der Waals surface area contributed by atoms with E-state index >= 15 is 0 Å². The van der Waals surface area contributed by atoms with Gasteiger partial charge in [0.05, 0.1) is 18.4 Å². The summed E-state index contributed by atoms with van der Waals surface area (Å²) in [6.07, 6.45) is 1.80. The van der Waals surface area contributed by atoms with Crippen LogP contribution in [-0.4, -0.2) is 23.7 Å². The first-order valence-electron chi connectivity index (χ1n) is 8.44. The predicted molar refractivity (Wildman–Crippen MR) is 99.7 cm³/mol. The highest BCUT2D eigenvalue weighted by Crippen LogP contribution is 2.45. The fourth-order valence-electron chi connectivity index (χ4n) is 3.45. The van der Waals surface area contributed by atoms with E-state index in [0.29, 0.717) is 28.3 Å². The van der Waals surface area contributed by atoms with Crippen molar-refractivity contribution in [3.63, 3.8) is 0 Å². The van der Waals surface area contributed by atoms with Crippen LogP contribution in [0, 0.1) is 5.82 Å². The lowest BCUT2D eigenvalue weighted by molar-refractivity contribution is -0.111. The van der Waals surface area contributed by atoms with E-state index in [1.807, 2.05) is 13.8 Å². The van der Waals surface area contributed by atoms with Gasteiger partial charge in [-0.25, -0.2) is 4.39 Å². The van der Waals surface area contributed by atoms with E-state index in [4.69, 9.17) is 9.47 Å². The molecule has 0 aliphatic carbocycles. The monoisotopic (exact) mass is 367 g/mol. The topological polar surface area (TPSA) is 67.8 Å². The highest BCUT2D eigenvalue weighted by molar-refractivity contribution is 6.32. The van der Waals surface area contributed by atoms with Crippen LogP contribution in [0.25, 0.3) is 11.1 Å². The van der Waals surface area contributed by atoms with E-state index in [-0.39, 0.29) is 11.7 Å². The van der Waals surface area contributed by atoms with Gasteiger partial charge in [0.15, 0.2) is 11.5 Å². The van der Waals surface area contributed by atoms with Gasteiger partial charge in [-0.2, -0.15) is 0 Å². The van der Waals surface area contributed by atoms with Crippen molar-refractivity contribution >= 4 is 22.7 Å². The lowest BCUT2D eigenvalue weighted by atomic mass is 9.92. The van der Waals surface area contributed by atoms with Gasteiger partial charge in [0.25, 0.3) is 5.91 Å². The first kappa shape index (κ1) is 17.1. The zero-order chi connectivity index (χ0) is 19.3. The van der Waals surface area contributed by atoms with Crippen LogP contribution in [0.3, 0.4) is 0 Å². The number of carbonyl (C=O) groups excluding carboxylic acids is 1. The van der Waals surface area contributed by atoms with E-state index in [1.54, 1.807) is 30.3 Å². The third-order valence-electron chi connectivity index (χ3n) is 4.75. The van der Waals surface area contributed by atoms with Crippen LogP contribution >= 0.6 is 0 Å². The van der Waals surface area contributed by atoms with Crippen LogP contribution in [0.1, 0.15) is 25.0 Å². The number of halogens is 1. The number of carbonyl (C=O) groups is 1. The summed E-state index contributed by atoms with van der Waals surface area (Å²) in [5.74, 6) is 0.0699. The molecule has 0 atom stereocenters. The lowest BCUT2D eigenvalue weighted by Gasteiger charge is -2.23. The third kappa shape index (κ3) is 2.73. The van der Waals surface area contributed by atoms with Gasteiger partial charge in [0, 0.05) is 11.1 Å². The average Bonchev–Trinajstić information content (AvgIpc) is 3.09. The number of anilines is 1. The number of fused-ring (bicyclic) bond motifs is 1. The van der Waals surface area contributed by atoms with Gasteiger partial charge in [0.1, 0.15) is 17.2 Å². The van der Waals surface area contributed by atoms with Crippen molar-refractivity contribution in [2.24, 2.45) is 0 Å². The summed E-state index contributed by atoms with van der Waals surface area (Å²) < 4.78 is 24.7. The number of ether oxygens (including phenoxy) is 2. The number of hydrogen-bond donors (Lipinski definition) is 2. The Balaban J connectivity index is 1.86. The minimum absolute atomic E-state index is 0.0447. The Morgan fingerprint density at radius 2 is 1.96 bits per heavy atom. The number of phenolic OH excluding ortho intramolecular Hbond substituents is 1. The Hall–Kier alpha value is -3.28. The van der Waals surface area contributed by atoms with Crippen molar-refractivity contribution in [1.82, 2.24) is 0 Å². The van der Waals surface area contributed by atoms with Gasteiger partial charge < -0.3 is 19.9 Å². The number of rotatable bonds is 2. The number of hydrogen-bond acceptors (Lipinski definition) is 4. The Labute approximate surface area is 155 Å². The fraction of sp³-hybridized carbons (Fsp3) is 0.190. The zero-order valence-electron chi connectivity index (χ0n) is 15.1. The van der Waals surface area contributed by atoms with Crippen molar-refractivity contribution in [2.75, 3.05) is 12.4 Å². The maximum atomic E-state index is 13.5. The summed E-state index contributed by atoms with van der Waals surface area (Å²) in [6, 6.07) is 9.21. The van der Waals surface area contributed by atoms with E-state index in [9.17, 15) is 14.3 Å². The predicted octanol–water partition coefficient (Wildman–Crippen LogP) is 4.10. The minimum atomic E-state index is -0.701. The van der Waals surface area contributed by atoms with Gasteiger partial charge in [-0.3, -0.25) is 4.79 Å². The molecule has 0 saturated heterocycles. The summed E-state index contributed by atoms with van der Waals surface area (Å²) >= 11 is 0. The molecule has 0 radical (unpaired) electrons. The molecule has 1 amide bonds. The summed E-state index contributed by atoms with van der Waals surface area (Å²) in [5, 5.41) is 12.5. The van der Waals surface area contributed by atoms with Crippen LogP contribution in [-0.2, 0) is 9.53 Å². The summed E-state index contributed by atoms with van der Waals surface area (Å²) in [5.41, 5.74) is 2.35. The van der Waals surface area contributed by atoms with Crippen LogP contribution in [0.15, 0.2) is 48.2 Å². The molecule has 0 fully saturated rings. The Bertz CT molecular complexity index is 1040. The third-order valence-corrected chi connectivity index (χ3v) is 4.75. The van der Waals surface area contributed by atoms with E-state index in [1.165, 1.54) is 19.2 Å². The van der Waals surface area contributed by atoms with Crippen LogP contribution in [0.2, 0.25) is 0 Å². The van der Waals surface area contributed by atoms with Crippen molar-refractivity contribution in [2.45, 2.75) is 19.4 Å². The first-order valence-corrected chi connectivity index (χ1v) is 8.44. The molecule has 0 bridgehead atoms. The van der Waals surface area contributed by atoms with E-state index in [2.05, 4.69) is 5.32 Å². The second kappa shape index (κ2) is 5.87. The van der Waals surface area contributed by atoms with Gasteiger partial charge >= 0.3 is 0 Å². The van der Waals surface area contributed by atoms with E-state index < -0.39 is 11.4 Å². The molecule has 2 aromatic carbocycles. The summed E-state index contributed by atoms with van der Waals surface area (Å²) in [4.78, 5) is 12.5. The molecule has 2 aliphatic rings. The Kier molecular flexibility index (Phi) is 3.73. The van der Waals surface area contributed by atoms with Crippen molar-refractivity contribution in [3.05, 3.63) is 65.2 Å². The average molecular weight is 367 g/mol. The number of allylic oxidation sites excluding steroid dienone is 1. The minimum Gasteiger partial charge on any atom is -0.504 e. The molecule has 6 heteroatoms. The van der Waals surface area contributed by atoms with Gasteiger partial charge in [-0.05, 0) is 55.8 Å². The molecule has 0 unspecified atom stereocenters. The fourth-order valence-corrected chi connectivity index (χ4v) is 3.45. The molecule has 2 aromatic rings. The standard InChI is InChI=1S/C21H18FNO4/c1-21(2)14(11-4-7-16(24)17(8-11)26-3)10-18(27-21)19-13-6-5-12(22)9-15(13)23-20(19)25/h4-10,24H,1-3H3,(H,23,25)/b19-18+. The molecule has 138 valence electrons. The second-order valence-corrected chi connectivity index (χ2v) is 6.94. The molecule has 0 aromatic heterocycles. The number of methoxy groups -OCH3 is 1. The van der Waals surface area contributed by atoms with Crippen LogP contribution < -0.4 is 10.1 Å². The molecule has 0 saturated carbocycles. The normalized spacial score (nSPS) is 20.0. The molecular weight excluding hydrogens is 349 g/mol. The molecule has 4 rings (SSSR count). The summed E-state index contributed by atoms with van der Waals surface area (Å²) in [6.45, 7) is 3.79. The summed E-state index contributed by atoms with van der Waals surface area (Å²) in [7, 11) is 1.48. The highest BCUT2D eigenvalue weighted by atomic mass is 19.1. The molecule has 2 heterocycles. The molecule has 0 spiro atoms. The van der Waals surface area contributed by atoms with Crippen molar-refractivity contribution < 1.29 is 23.8 Å². The van der Waals surface area contributed by atoms with Crippen molar-refractivity contribution in [3.8, 4) is 11.5 Å². The maximum Gasteiger partial charge on any atom is 0.260 e. The smallest absolute Gasteiger partial charge is 0.260 e. The Morgan fingerprint density at radius 1 is 1.19 bits per heavy atom. The number of phenols is 1. The molecule has 2 N–H and O–H groups in total. The molecule has 2 aliphatic heterocycles. The SMILES string of the molecule is COc1cc(C2=C/C(=C3\C(=O)Nc4cc(F)ccc43)OC2(C)C)ccc1O. The van der Waals surface area contributed by atoms with Crippen LogP contribution in [0.5, 0.6) is 11.5 Å². The number of aromatic hydroxyl groups is 1. The van der Waals surface area contributed by atoms with Gasteiger partial charge in [-0.15, -0.1) is 0 Å². The van der Waals surface area contributed by atoms with Crippen LogP contribution in [0.4, 0.5) is 10.1 Å². The quantitative estimate of drug-likeness (QED) is 0.785. The molecular formula is C21H18FNO4.